The predicted octanol–water partition coefficient (Wildman–Crippen LogP) is 5.77. The Kier molecular flexibility index (Phi) is 7.66. The van der Waals surface area contributed by atoms with Crippen LogP contribution in [-0.4, -0.2) is 56.3 Å². The van der Waals surface area contributed by atoms with Crippen LogP contribution in [0.3, 0.4) is 0 Å². The first-order valence-corrected chi connectivity index (χ1v) is 14.2. The van der Waals surface area contributed by atoms with Crippen molar-refractivity contribution in [3.63, 3.8) is 0 Å². The maximum absolute atomic E-state index is 14.8. The number of nitrogens with zero attached hydrogens (tertiary/aromatic N) is 5. The van der Waals surface area contributed by atoms with Gasteiger partial charge in [0.15, 0.2) is 5.69 Å². The van der Waals surface area contributed by atoms with E-state index >= 15 is 0 Å². The molecule has 212 valence electrons. The molecule has 41 heavy (non-hydrogen) atoms. The van der Waals surface area contributed by atoms with E-state index in [0.717, 1.165) is 43.5 Å². The molecule has 5 heterocycles. The van der Waals surface area contributed by atoms with E-state index in [4.69, 9.17) is 21.0 Å². The fraction of sp³-hybridized carbons (Fsp3) is 0.379. The van der Waals surface area contributed by atoms with Crippen molar-refractivity contribution in [2.45, 2.75) is 51.0 Å². The van der Waals surface area contributed by atoms with E-state index in [1.807, 2.05) is 0 Å². The Labute approximate surface area is 238 Å². The van der Waals surface area contributed by atoms with Gasteiger partial charge >= 0.3 is 5.97 Å². The molecule has 2 fully saturated rings. The summed E-state index contributed by atoms with van der Waals surface area (Å²) in [5.41, 5.74) is 1.66. The standard InChI is InChI=1S/C29H27F2N5O4S/c1-32-19-3-2-18(22(31)12-19)16-40-26-5-4-21(30)27(34-26)17-6-9-35(10-7-17)15-25-33-28-23(13-24(41-28)29(37)38)36(25)14-20-8-11-39-20/h2-5,12-13,17,20H,6-11,14-16H2,(H,37,38). The van der Waals surface area contributed by atoms with Crippen molar-refractivity contribution in [2.75, 3.05) is 19.7 Å². The molecule has 1 unspecified atom stereocenters. The summed E-state index contributed by atoms with van der Waals surface area (Å²) in [6.07, 6.45) is 2.46. The van der Waals surface area contributed by atoms with E-state index in [1.165, 1.54) is 35.6 Å². The SMILES string of the molecule is [C-]#[N+]c1ccc(COc2ccc(F)c(C3CCN(Cc4nc5sc(C(=O)O)cc5n4CC4CCO4)CC3)n2)c(F)c1. The molecule has 2 aliphatic heterocycles. The quantitative estimate of drug-likeness (QED) is 0.252. The number of hydrogen-bond donors (Lipinski definition) is 1. The summed E-state index contributed by atoms with van der Waals surface area (Å²) in [6, 6.07) is 8.64. The van der Waals surface area contributed by atoms with Crippen LogP contribution in [0.2, 0.25) is 0 Å². The van der Waals surface area contributed by atoms with Crippen LogP contribution in [0, 0.1) is 18.2 Å². The van der Waals surface area contributed by atoms with Crippen LogP contribution in [-0.2, 0) is 24.4 Å². The van der Waals surface area contributed by atoms with Crippen molar-refractivity contribution in [2.24, 2.45) is 0 Å². The molecule has 1 aromatic carbocycles. The Hall–Kier alpha value is -3.92. The number of imidazole rings is 1. The third kappa shape index (κ3) is 5.79. The van der Waals surface area contributed by atoms with Gasteiger partial charge in [0.1, 0.15) is 33.8 Å². The van der Waals surface area contributed by atoms with Gasteiger partial charge in [-0.1, -0.05) is 12.1 Å². The number of aromatic nitrogens is 3. The number of halogens is 2. The molecule has 9 nitrogen and oxygen atoms in total. The average Bonchev–Trinajstić information content (AvgIpc) is 3.49. The first kappa shape index (κ1) is 27.3. The number of hydrogen-bond acceptors (Lipinski definition) is 7. The van der Waals surface area contributed by atoms with Crippen molar-refractivity contribution in [3.8, 4) is 5.88 Å². The predicted molar refractivity (Wildman–Crippen MR) is 147 cm³/mol. The Balaban J connectivity index is 1.11. The van der Waals surface area contributed by atoms with Crippen LogP contribution in [0.1, 0.15) is 51.9 Å². The smallest absolute Gasteiger partial charge is 0.346 e. The Bertz CT molecular complexity index is 1640. The van der Waals surface area contributed by atoms with Gasteiger partial charge in [0.05, 0.1) is 37.0 Å². The van der Waals surface area contributed by atoms with Crippen molar-refractivity contribution >= 4 is 33.3 Å². The highest BCUT2D eigenvalue weighted by Crippen LogP contribution is 2.33. The van der Waals surface area contributed by atoms with Crippen molar-refractivity contribution in [3.05, 3.63) is 81.4 Å². The van der Waals surface area contributed by atoms with Gasteiger partial charge < -0.3 is 19.1 Å². The monoisotopic (exact) mass is 579 g/mol. The molecule has 2 saturated heterocycles. The largest absolute Gasteiger partial charge is 0.477 e. The van der Waals surface area contributed by atoms with Crippen LogP contribution in [0.25, 0.3) is 15.2 Å². The first-order valence-electron chi connectivity index (χ1n) is 13.4. The lowest BCUT2D eigenvalue weighted by Gasteiger charge is -2.32. The lowest BCUT2D eigenvalue weighted by atomic mass is 9.92. The van der Waals surface area contributed by atoms with Crippen molar-refractivity contribution in [1.82, 2.24) is 19.4 Å². The summed E-state index contributed by atoms with van der Waals surface area (Å²) in [6.45, 7) is 10.3. The normalized spacial score (nSPS) is 17.8. The van der Waals surface area contributed by atoms with Gasteiger partial charge in [-0.3, -0.25) is 4.90 Å². The molecule has 0 radical (unpaired) electrons. The van der Waals surface area contributed by atoms with E-state index in [0.29, 0.717) is 42.0 Å². The van der Waals surface area contributed by atoms with Crippen LogP contribution in [0.5, 0.6) is 5.88 Å². The highest BCUT2D eigenvalue weighted by atomic mass is 32.1. The molecule has 6 rings (SSSR count). The Morgan fingerprint density at radius 2 is 1.95 bits per heavy atom. The molecule has 0 saturated carbocycles. The van der Waals surface area contributed by atoms with Gasteiger partial charge in [0.2, 0.25) is 5.88 Å². The van der Waals surface area contributed by atoms with Crippen LogP contribution >= 0.6 is 11.3 Å². The summed E-state index contributed by atoms with van der Waals surface area (Å²) in [5, 5.41) is 9.41. The zero-order valence-corrected chi connectivity index (χ0v) is 22.9. The van der Waals surface area contributed by atoms with Gasteiger partial charge in [-0.2, -0.15) is 0 Å². The molecule has 0 amide bonds. The molecule has 0 spiro atoms. The molecule has 2 aliphatic rings. The van der Waals surface area contributed by atoms with Gasteiger partial charge in [0, 0.05) is 24.2 Å². The fourth-order valence-corrected chi connectivity index (χ4v) is 6.16. The topological polar surface area (TPSA) is 94.1 Å². The van der Waals surface area contributed by atoms with Crippen LogP contribution in [0.4, 0.5) is 14.5 Å². The van der Waals surface area contributed by atoms with E-state index < -0.39 is 17.6 Å². The number of aromatic carboxylic acids is 1. The zero-order chi connectivity index (χ0) is 28.5. The summed E-state index contributed by atoms with van der Waals surface area (Å²) >= 11 is 1.18. The lowest BCUT2D eigenvalue weighted by molar-refractivity contribution is -0.0592. The second-order valence-electron chi connectivity index (χ2n) is 10.3. The number of benzene rings is 1. The van der Waals surface area contributed by atoms with Gasteiger partial charge in [-0.25, -0.2) is 28.4 Å². The van der Waals surface area contributed by atoms with E-state index in [2.05, 4.69) is 19.3 Å². The average molecular weight is 580 g/mol. The minimum absolute atomic E-state index is 0.0788. The van der Waals surface area contributed by atoms with E-state index in [-0.39, 0.29) is 35.1 Å². The number of fused-ring (bicyclic) bond motifs is 1. The van der Waals surface area contributed by atoms with Gasteiger partial charge in [-0.15, -0.1) is 11.3 Å². The Morgan fingerprint density at radius 3 is 2.63 bits per heavy atom. The van der Waals surface area contributed by atoms with Crippen LogP contribution < -0.4 is 4.74 Å². The molecular weight excluding hydrogens is 552 g/mol. The summed E-state index contributed by atoms with van der Waals surface area (Å²) in [5.74, 6) is -0.882. The van der Waals surface area contributed by atoms with Gasteiger partial charge in [0.25, 0.3) is 0 Å². The number of carboxylic acid groups (broad SMARTS) is 1. The second kappa shape index (κ2) is 11.5. The number of likely N-dealkylation sites (tertiary alicyclic amines) is 1. The minimum atomic E-state index is -0.958. The molecule has 1 atom stereocenters. The van der Waals surface area contributed by atoms with E-state index in [9.17, 15) is 18.7 Å². The number of piperidine rings is 1. The molecule has 12 heteroatoms. The van der Waals surface area contributed by atoms with Crippen LogP contribution in [0.15, 0.2) is 36.4 Å². The molecule has 4 aromatic rings. The number of carboxylic acids is 1. The summed E-state index contributed by atoms with van der Waals surface area (Å²) in [4.78, 5) is 27.1. The fourth-order valence-electron chi connectivity index (χ4n) is 5.27. The second-order valence-corrected chi connectivity index (χ2v) is 11.3. The highest BCUT2D eigenvalue weighted by Gasteiger charge is 2.28. The maximum Gasteiger partial charge on any atom is 0.346 e. The number of pyridine rings is 1. The summed E-state index contributed by atoms with van der Waals surface area (Å²) in [7, 11) is 0. The number of carbonyl (C=O) groups is 1. The zero-order valence-electron chi connectivity index (χ0n) is 22.1. The maximum atomic E-state index is 14.8. The molecule has 1 N–H and O–H groups in total. The number of ether oxygens (including phenoxy) is 2. The number of rotatable bonds is 9. The van der Waals surface area contributed by atoms with Crippen molar-refractivity contribution in [1.29, 1.82) is 0 Å². The molecular formula is C29H27F2N5O4S. The highest BCUT2D eigenvalue weighted by molar-refractivity contribution is 7.20. The van der Waals surface area contributed by atoms with Gasteiger partial charge in [-0.05, 0) is 50.6 Å². The number of thiophene rings is 1. The summed E-state index contributed by atoms with van der Waals surface area (Å²) < 4.78 is 42.4. The first-order chi connectivity index (χ1) is 19.9. The molecule has 0 bridgehead atoms. The van der Waals surface area contributed by atoms with Crippen molar-refractivity contribution < 1.29 is 28.2 Å². The third-order valence-electron chi connectivity index (χ3n) is 7.65. The Morgan fingerprint density at radius 1 is 1.15 bits per heavy atom. The third-order valence-corrected chi connectivity index (χ3v) is 8.65. The molecule has 0 aliphatic carbocycles. The molecule has 3 aromatic heterocycles. The minimum Gasteiger partial charge on any atom is -0.477 e. The lowest BCUT2D eigenvalue weighted by Crippen LogP contribution is -2.35. The van der Waals surface area contributed by atoms with E-state index in [1.54, 1.807) is 6.07 Å².